The van der Waals surface area contributed by atoms with Crippen molar-refractivity contribution in [3.8, 4) is 0 Å². The maximum Gasteiger partial charge on any atom is 4.00 e. The topological polar surface area (TPSA) is 234 Å². The summed E-state index contributed by atoms with van der Waals surface area (Å²) in [5.41, 5.74) is 0. The maximum absolute atomic E-state index is 11.3. The number of phosphoric ester groups is 4. The van der Waals surface area contributed by atoms with Crippen molar-refractivity contribution in [2.75, 3.05) is 52.9 Å². The number of phosphoric acid groups is 4. The average molecular weight is 1160 g/mol. The smallest absolute Gasteiger partial charge is 0.756 e. The molecule has 0 saturated carbocycles. The molecule has 0 aliphatic carbocycles. The molecule has 0 saturated heterocycles. The predicted molar refractivity (Wildman–Crippen MR) is 271 cm³/mol. The van der Waals surface area contributed by atoms with E-state index in [0.29, 0.717) is 0 Å². The van der Waals surface area contributed by atoms with Crippen LogP contribution in [0.4, 0.5) is 0 Å². The van der Waals surface area contributed by atoms with Crippen LogP contribution in [0.1, 0.15) is 261 Å². The van der Waals surface area contributed by atoms with Gasteiger partial charge in [-0.15, -0.1) is 0 Å². The van der Waals surface area contributed by atoms with Crippen molar-refractivity contribution in [2.24, 2.45) is 0 Å². The van der Waals surface area contributed by atoms with Gasteiger partial charge in [-0.1, -0.05) is 209 Å². The van der Waals surface area contributed by atoms with Gasteiger partial charge in [0.15, 0.2) is 0 Å². The zero-order valence-electron chi connectivity index (χ0n) is 45.0. The van der Waals surface area contributed by atoms with Gasteiger partial charge < -0.3 is 55.8 Å². The van der Waals surface area contributed by atoms with Gasteiger partial charge in [-0.05, 0) is 51.4 Å². The van der Waals surface area contributed by atoms with E-state index in [2.05, 4.69) is 55.4 Å². The molecule has 0 aromatic heterocycles. The van der Waals surface area contributed by atoms with Gasteiger partial charge in [-0.2, -0.15) is 0 Å². The first-order chi connectivity index (χ1) is 32.5. The van der Waals surface area contributed by atoms with Gasteiger partial charge in [0.25, 0.3) is 31.3 Å². The van der Waals surface area contributed by atoms with Crippen LogP contribution in [0.15, 0.2) is 0 Å². The molecule has 0 aliphatic heterocycles. The van der Waals surface area contributed by atoms with E-state index in [1.165, 1.54) is 0 Å². The van der Waals surface area contributed by atoms with Crippen molar-refractivity contribution in [2.45, 2.75) is 261 Å². The Bertz CT molecular complexity index is 946. The average Bonchev–Trinajstić information content (AvgIpc) is 3.29. The van der Waals surface area contributed by atoms with E-state index in [0.717, 1.165) is 205 Å². The maximum atomic E-state index is 11.3. The normalized spacial score (nSPS) is 11.8. The summed E-state index contributed by atoms with van der Waals surface area (Å²) < 4.78 is 83.2. The molecule has 0 atom stereocenters. The van der Waals surface area contributed by atoms with Gasteiger partial charge in [0, 0.05) is 0 Å². The fourth-order valence-corrected chi connectivity index (χ4v) is 8.91. The van der Waals surface area contributed by atoms with Crippen LogP contribution in [0.25, 0.3) is 0 Å². The summed E-state index contributed by atoms with van der Waals surface area (Å²) in [4.78, 5) is 45.1. The minimum atomic E-state index is -4.04. The first-order valence-corrected chi connectivity index (χ1v) is 32.7. The minimum Gasteiger partial charge on any atom is -0.756 e. The molecule has 21 heteroatoms. The Balaban J connectivity index is -0.000000263. The molecular weight excluding hydrogens is 1050 g/mol. The SMILES string of the molecule is CCCCCCOP(=O)([O-])OCCCCCC.CCCCCCOP(=O)([O-])OCCCCCC.CCCCCCOP(=O)([O-])OCCCCCC.CCCCCCOP(=O)([O-])OCCCCCC.[Mo+4]. The van der Waals surface area contributed by atoms with E-state index in [1.54, 1.807) is 0 Å². The van der Waals surface area contributed by atoms with E-state index in [9.17, 15) is 37.8 Å². The fraction of sp³-hybridized carbons (Fsp3) is 1.00. The van der Waals surface area contributed by atoms with Gasteiger partial charge >= 0.3 is 21.1 Å². The third kappa shape index (κ3) is 73.4. The molecule has 0 fully saturated rings. The first kappa shape index (κ1) is 79.0. The Morgan fingerprint density at radius 1 is 0.217 bits per heavy atom. The monoisotopic (exact) mass is 1160 g/mol. The summed E-state index contributed by atoms with van der Waals surface area (Å²) in [6.07, 6.45) is 32.2. The van der Waals surface area contributed by atoms with Gasteiger partial charge in [-0.25, -0.2) is 0 Å². The minimum absolute atomic E-state index is 0. The zero-order chi connectivity index (χ0) is 51.9. The molecule has 0 aliphatic rings. The summed E-state index contributed by atoms with van der Waals surface area (Å²) in [6.45, 7) is 18.8. The molecule has 0 aromatic rings. The number of rotatable bonds is 48. The summed E-state index contributed by atoms with van der Waals surface area (Å²) in [7, 11) is -16.2. The molecule has 0 bridgehead atoms. The molecule has 0 radical (unpaired) electrons. The van der Waals surface area contributed by atoms with Crippen LogP contribution in [0.3, 0.4) is 0 Å². The second-order valence-electron chi connectivity index (χ2n) is 16.9. The zero-order valence-corrected chi connectivity index (χ0v) is 50.6. The second kappa shape index (κ2) is 60.0. The van der Waals surface area contributed by atoms with E-state index >= 15 is 0 Å². The second-order valence-corrected chi connectivity index (χ2v) is 22.6. The van der Waals surface area contributed by atoms with Gasteiger partial charge in [-0.3, -0.25) is 18.3 Å². The van der Waals surface area contributed by atoms with Crippen molar-refractivity contribution in [3.05, 3.63) is 0 Å². The first-order valence-electron chi connectivity index (χ1n) is 26.9. The molecule has 0 N–H and O–H groups in total. The van der Waals surface area contributed by atoms with Crippen LogP contribution in [0.5, 0.6) is 0 Å². The molecule has 16 nitrogen and oxygen atoms in total. The van der Waals surface area contributed by atoms with Crippen molar-refractivity contribution in [3.63, 3.8) is 0 Å². The van der Waals surface area contributed by atoms with Crippen molar-refractivity contribution in [1.29, 1.82) is 0 Å². The molecule has 0 amide bonds. The molecule has 0 spiro atoms. The van der Waals surface area contributed by atoms with Gasteiger partial charge in [0.05, 0.1) is 52.9 Å². The number of hydrogen-bond donors (Lipinski definition) is 0. The summed E-state index contributed by atoms with van der Waals surface area (Å²) in [6, 6.07) is 0. The van der Waals surface area contributed by atoms with Crippen LogP contribution in [0.2, 0.25) is 0 Å². The Labute approximate surface area is 438 Å². The molecule has 0 heterocycles. The summed E-state index contributed by atoms with van der Waals surface area (Å²) in [5, 5.41) is 0. The summed E-state index contributed by atoms with van der Waals surface area (Å²) in [5.74, 6) is 0. The molecule has 0 aromatic carbocycles. The quantitative estimate of drug-likeness (QED) is 0.0313. The molecule has 0 unspecified atom stereocenters. The fourth-order valence-electron chi connectivity index (χ4n) is 5.79. The van der Waals surface area contributed by atoms with E-state index in [-0.39, 0.29) is 73.9 Å². The van der Waals surface area contributed by atoms with Crippen LogP contribution in [-0.2, 0) is 75.5 Å². The largest absolute Gasteiger partial charge is 4.00 e. The van der Waals surface area contributed by atoms with Crippen molar-refractivity contribution < 1.29 is 95.1 Å². The number of hydrogen-bond acceptors (Lipinski definition) is 16. The molecule has 418 valence electrons. The molecular formula is C48H104MoO16P4. The van der Waals surface area contributed by atoms with Gasteiger partial charge in [0.1, 0.15) is 0 Å². The third-order valence-electron chi connectivity index (χ3n) is 9.98. The Kier molecular flexibility index (Phi) is 68.7. The van der Waals surface area contributed by atoms with Crippen LogP contribution >= 0.6 is 31.3 Å². The van der Waals surface area contributed by atoms with Crippen LogP contribution in [0, 0.1) is 0 Å². The van der Waals surface area contributed by atoms with E-state index < -0.39 is 31.3 Å². The van der Waals surface area contributed by atoms with E-state index in [4.69, 9.17) is 36.2 Å². The Morgan fingerprint density at radius 2 is 0.319 bits per heavy atom. The summed E-state index contributed by atoms with van der Waals surface area (Å²) >= 11 is 0. The van der Waals surface area contributed by atoms with Crippen molar-refractivity contribution >= 4 is 31.3 Å². The van der Waals surface area contributed by atoms with Crippen LogP contribution in [-0.4, -0.2) is 52.9 Å². The van der Waals surface area contributed by atoms with E-state index in [1.807, 2.05) is 0 Å². The third-order valence-corrected chi connectivity index (χ3v) is 14.0. The standard InChI is InChI=1S/4C12H27O4P.Mo/c4*1-3-5-7-9-11-15-17(13,14)16-12-10-8-6-4-2;/h4*3-12H2,1-2H3,(H,13,14);/q;;;;+4/p-4. The van der Waals surface area contributed by atoms with Crippen LogP contribution < -0.4 is 19.6 Å². The molecule has 69 heavy (non-hydrogen) atoms. The Hall–Kier alpha value is 1.13. The van der Waals surface area contributed by atoms with Gasteiger partial charge in [0.2, 0.25) is 0 Å². The molecule has 0 rings (SSSR count). The number of unbranched alkanes of at least 4 members (excludes halogenated alkanes) is 24. The predicted octanol–water partition coefficient (Wildman–Crippen LogP) is 14.6. The Morgan fingerprint density at radius 3 is 0.406 bits per heavy atom. The van der Waals surface area contributed by atoms with Crippen molar-refractivity contribution in [1.82, 2.24) is 0 Å².